The predicted octanol–water partition coefficient (Wildman–Crippen LogP) is 3.59. The van der Waals surface area contributed by atoms with E-state index in [0.717, 1.165) is 15.6 Å². The molecular formula is C11H9Cl2NO3S2. The van der Waals surface area contributed by atoms with Gasteiger partial charge < -0.3 is 5.11 Å². The van der Waals surface area contributed by atoms with E-state index >= 15 is 0 Å². The van der Waals surface area contributed by atoms with Crippen molar-refractivity contribution >= 4 is 50.2 Å². The summed E-state index contributed by atoms with van der Waals surface area (Å²) in [6.07, 6.45) is 0. The van der Waals surface area contributed by atoms with Gasteiger partial charge in [-0.15, -0.1) is 11.3 Å². The zero-order valence-electron chi connectivity index (χ0n) is 9.67. The van der Waals surface area contributed by atoms with Crippen molar-refractivity contribution in [1.29, 1.82) is 0 Å². The number of thiophene rings is 1. The topological polar surface area (TPSA) is 57.6 Å². The number of halogens is 2. The normalized spacial score (nSPS) is 11.5. The second kappa shape index (κ2) is 5.20. The van der Waals surface area contributed by atoms with E-state index in [9.17, 15) is 13.5 Å². The molecule has 0 spiro atoms. The summed E-state index contributed by atoms with van der Waals surface area (Å²) >= 11 is 12.6. The first-order valence-electron chi connectivity index (χ1n) is 5.05. The molecule has 19 heavy (non-hydrogen) atoms. The van der Waals surface area contributed by atoms with Crippen LogP contribution in [0, 0.1) is 0 Å². The van der Waals surface area contributed by atoms with Gasteiger partial charge in [-0.2, -0.15) is 0 Å². The molecule has 4 nitrogen and oxygen atoms in total. The lowest BCUT2D eigenvalue weighted by Crippen LogP contribution is -2.26. The van der Waals surface area contributed by atoms with Gasteiger partial charge in [-0.05, 0) is 30.3 Å². The molecule has 0 radical (unpaired) electrons. The van der Waals surface area contributed by atoms with E-state index in [-0.39, 0.29) is 15.0 Å². The summed E-state index contributed by atoms with van der Waals surface area (Å²) in [5.74, 6) is 0.0613. The standard InChI is InChI=1S/C11H9Cl2NO3S2/c1-14(7-2-4-8(15)5-3-7)19(16,17)9-6-10(12)18-11(9)13/h2-6,15H,1H3. The fraction of sp³-hybridized carbons (Fsp3) is 0.0909. The van der Waals surface area contributed by atoms with Crippen molar-refractivity contribution in [2.24, 2.45) is 0 Å². The molecule has 0 saturated heterocycles. The average Bonchev–Trinajstić information content (AvgIpc) is 2.69. The molecule has 0 aliphatic heterocycles. The Bertz CT molecular complexity index is 695. The molecule has 0 aliphatic rings. The molecule has 1 aromatic carbocycles. The summed E-state index contributed by atoms with van der Waals surface area (Å²) in [7, 11) is -2.36. The summed E-state index contributed by atoms with van der Waals surface area (Å²) in [6.45, 7) is 0. The van der Waals surface area contributed by atoms with E-state index < -0.39 is 10.0 Å². The molecule has 0 amide bonds. The number of nitrogens with zero attached hydrogens (tertiary/aromatic N) is 1. The summed E-state index contributed by atoms with van der Waals surface area (Å²) < 4.78 is 26.3. The zero-order valence-corrected chi connectivity index (χ0v) is 12.8. The van der Waals surface area contributed by atoms with E-state index in [0.29, 0.717) is 10.0 Å². The van der Waals surface area contributed by atoms with Crippen molar-refractivity contribution in [3.8, 4) is 5.75 Å². The molecule has 1 aromatic heterocycles. The SMILES string of the molecule is CN(c1ccc(O)cc1)S(=O)(=O)c1cc(Cl)sc1Cl. The van der Waals surface area contributed by atoms with Gasteiger partial charge in [0.25, 0.3) is 10.0 Å². The Hall–Kier alpha value is -0.950. The number of hydrogen-bond donors (Lipinski definition) is 1. The third-order valence-electron chi connectivity index (χ3n) is 2.48. The Morgan fingerprint density at radius 2 is 1.79 bits per heavy atom. The smallest absolute Gasteiger partial charge is 0.266 e. The van der Waals surface area contributed by atoms with E-state index in [1.165, 1.54) is 37.4 Å². The van der Waals surface area contributed by atoms with E-state index in [4.69, 9.17) is 23.2 Å². The first-order valence-corrected chi connectivity index (χ1v) is 8.06. The summed E-state index contributed by atoms with van der Waals surface area (Å²) in [5.41, 5.74) is 0.413. The van der Waals surface area contributed by atoms with Crippen molar-refractivity contribution < 1.29 is 13.5 Å². The maximum absolute atomic E-state index is 12.4. The lowest BCUT2D eigenvalue weighted by molar-refractivity contribution is 0.475. The van der Waals surface area contributed by atoms with Crippen LogP contribution in [0.5, 0.6) is 5.75 Å². The number of hydrogen-bond acceptors (Lipinski definition) is 4. The summed E-state index contributed by atoms with van der Waals surface area (Å²) in [6, 6.07) is 7.12. The second-order valence-corrected chi connectivity index (χ2v) is 7.90. The van der Waals surface area contributed by atoms with Crippen LogP contribution in [0.15, 0.2) is 35.2 Å². The van der Waals surface area contributed by atoms with Crippen molar-refractivity contribution in [2.75, 3.05) is 11.4 Å². The van der Waals surface area contributed by atoms with Gasteiger partial charge in [0.1, 0.15) is 15.0 Å². The Kier molecular flexibility index (Phi) is 3.96. The number of rotatable bonds is 3. The highest BCUT2D eigenvalue weighted by Crippen LogP contribution is 2.36. The van der Waals surface area contributed by atoms with E-state index in [2.05, 4.69) is 0 Å². The van der Waals surface area contributed by atoms with Gasteiger partial charge in [0.05, 0.1) is 10.0 Å². The highest BCUT2D eigenvalue weighted by molar-refractivity contribution is 7.93. The molecule has 102 valence electrons. The first kappa shape index (κ1) is 14.5. The quantitative estimate of drug-likeness (QED) is 0.931. The van der Waals surface area contributed by atoms with Crippen LogP contribution in [0.3, 0.4) is 0 Å². The monoisotopic (exact) mass is 337 g/mol. The Labute approximate surface area is 124 Å². The number of aromatic hydroxyl groups is 1. The molecule has 2 aromatic rings. The molecule has 8 heteroatoms. The Morgan fingerprint density at radius 1 is 1.21 bits per heavy atom. The van der Waals surface area contributed by atoms with Crippen LogP contribution in [-0.2, 0) is 10.0 Å². The Balaban J connectivity index is 2.45. The molecule has 0 atom stereocenters. The van der Waals surface area contributed by atoms with Crippen molar-refractivity contribution in [1.82, 2.24) is 0 Å². The van der Waals surface area contributed by atoms with Crippen LogP contribution in [-0.4, -0.2) is 20.6 Å². The van der Waals surface area contributed by atoms with Gasteiger partial charge in [-0.25, -0.2) is 8.42 Å². The molecule has 0 aliphatic carbocycles. The summed E-state index contributed by atoms with van der Waals surface area (Å²) in [5, 5.41) is 9.20. The van der Waals surface area contributed by atoms with Crippen LogP contribution in [0.4, 0.5) is 5.69 Å². The number of anilines is 1. The minimum atomic E-state index is -3.77. The molecule has 0 saturated carbocycles. The predicted molar refractivity (Wildman–Crippen MR) is 78.0 cm³/mol. The lowest BCUT2D eigenvalue weighted by atomic mass is 10.3. The van der Waals surface area contributed by atoms with Crippen LogP contribution >= 0.6 is 34.5 Å². The molecule has 1 N–H and O–H groups in total. The van der Waals surface area contributed by atoms with Crippen LogP contribution in [0.25, 0.3) is 0 Å². The molecule has 0 bridgehead atoms. The molecule has 2 rings (SSSR count). The highest BCUT2D eigenvalue weighted by Gasteiger charge is 2.26. The summed E-state index contributed by atoms with van der Waals surface area (Å²) in [4.78, 5) is -0.0280. The van der Waals surface area contributed by atoms with Gasteiger partial charge in [0, 0.05) is 7.05 Å². The fourth-order valence-electron chi connectivity index (χ4n) is 1.45. The van der Waals surface area contributed by atoms with Gasteiger partial charge in [-0.3, -0.25) is 4.31 Å². The molecule has 1 heterocycles. The maximum atomic E-state index is 12.4. The highest BCUT2D eigenvalue weighted by atomic mass is 35.5. The number of phenols is 1. The third-order valence-corrected chi connectivity index (χ3v) is 6.02. The van der Waals surface area contributed by atoms with Crippen LogP contribution in [0.2, 0.25) is 8.67 Å². The van der Waals surface area contributed by atoms with Gasteiger partial charge in [-0.1, -0.05) is 23.2 Å². The number of phenolic OH excluding ortho intramolecular Hbond substituents is 1. The van der Waals surface area contributed by atoms with Crippen molar-refractivity contribution in [2.45, 2.75) is 4.90 Å². The minimum Gasteiger partial charge on any atom is -0.508 e. The van der Waals surface area contributed by atoms with Crippen molar-refractivity contribution in [3.05, 3.63) is 39.0 Å². The minimum absolute atomic E-state index is 0.0280. The van der Waals surface area contributed by atoms with Crippen LogP contribution in [0.1, 0.15) is 0 Å². The molecule has 0 unspecified atom stereocenters. The van der Waals surface area contributed by atoms with E-state index in [1.54, 1.807) is 0 Å². The van der Waals surface area contributed by atoms with Gasteiger partial charge >= 0.3 is 0 Å². The lowest BCUT2D eigenvalue weighted by Gasteiger charge is -2.18. The third kappa shape index (κ3) is 2.81. The van der Waals surface area contributed by atoms with Crippen molar-refractivity contribution in [3.63, 3.8) is 0 Å². The average molecular weight is 338 g/mol. The largest absolute Gasteiger partial charge is 0.508 e. The number of sulfonamides is 1. The van der Waals surface area contributed by atoms with Gasteiger partial charge in [0.15, 0.2) is 0 Å². The maximum Gasteiger partial charge on any atom is 0.266 e. The number of benzene rings is 1. The van der Waals surface area contributed by atoms with Gasteiger partial charge in [0.2, 0.25) is 0 Å². The fourth-order valence-corrected chi connectivity index (χ4v) is 4.76. The second-order valence-electron chi connectivity index (χ2n) is 3.68. The molecular weight excluding hydrogens is 329 g/mol. The zero-order chi connectivity index (χ0) is 14.2. The Morgan fingerprint density at radius 3 is 2.26 bits per heavy atom. The molecule has 0 fully saturated rings. The van der Waals surface area contributed by atoms with Crippen LogP contribution < -0.4 is 4.31 Å². The first-order chi connectivity index (χ1) is 8.82. The van der Waals surface area contributed by atoms with E-state index in [1.807, 2.05) is 0 Å².